The molecule has 1 fully saturated rings. The number of hydrogen-bond acceptors (Lipinski definition) is 5. The molecular formula is C18H26N2O2S3. The molecular weight excluding hydrogens is 372 g/mol. The Morgan fingerprint density at radius 2 is 2.16 bits per heavy atom. The van der Waals surface area contributed by atoms with Gasteiger partial charge in [-0.15, -0.1) is 11.3 Å². The lowest BCUT2D eigenvalue weighted by Crippen LogP contribution is -2.43. The first-order chi connectivity index (χ1) is 12.1. The quantitative estimate of drug-likeness (QED) is 0.572. The molecule has 7 heteroatoms. The number of rotatable bonds is 4. The molecule has 3 rings (SSSR count). The molecule has 2 heterocycles. The fourth-order valence-corrected chi connectivity index (χ4v) is 6.27. The van der Waals surface area contributed by atoms with Gasteiger partial charge in [0.05, 0.1) is 12.2 Å². The summed E-state index contributed by atoms with van der Waals surface area (Å²) in [4.78, 5) is 13.8. The molecule has 0 bridgehead atoms. The van der Waals surface area contributed by atoms with E-state index in [-0.39, 0.29) is 5.97 Å². The van der Waals surface area contributed by atoms with E-state index in [9.17, 15) is 4.79 Å². The van der Waals surface area contributed by atoms with Crippen molar-refractivity contribution in [3.8, 4) is 0 Å². The van der Waals surface area contributed by atoms with Crippen molar-refractivity contribution in [2.24, 2.45) is 5.92 Å². The average Bonchev–Trinajstić information content (AvgIpc) is 2.95. The average molecular weight is 399 g/mol. The van der Waals surface area contributed by atoms with Crippen LogP contribution in [0.4, 0.5) is 5.00 Å². The predicted octanol–water partition coefficient (Wildman–Crippen LogP) is 4.58. The number of anilines is 1. The monoisotopic (exact) mass is 398 g/mol. The summed E-state index contributed by atoms with van der Waals surface area (Å²) >= 11 is 9.11. The summed E-state index contributed by atoms with van der Waals surface area (Å²) in [5.41, 5.74) is 1.85. The van der Waals surface area contributed by atoms with E-state index in [1.54, 1.807) is 11.3 Å². The van der Waals surface area contributed by atoms with Gasteiger partial charge in [-0.05, 0) is 55.6 Å². The molecule has 0 radical (unpaired) electrons. The Labute approximate surface area is 163 Å². The van der Waals surface area contributed by atoms with Crippen LogP contribution in [0.2, 0.25) is 0 Å². The van der Waals surface area contributed by atoms with E-state index < -0.39 is 0 Å². The third-order valence-electron chi connectivity index (χ3n) is 4.95. The molecule has 2 N–H and O–H groups in total. The van der Waals surface area contributed by atoms with Gasteiger partial charge in [0, 0.05) is 16.7 Å². The summed E-state index contributed by atoms with van der Waals surface area (Å²) in [7, 11) is 0. The number of hydrogen-bond donors (Lipinski definition) is 2. The summed E-state index contributed by atoms with van der Waals surface area (Å²) in [6, 6.07) is 0.421. The first-order valence-electron chi connectivity index (χ1n) is 9.07. The molecule has 138 valence electrons. The standard InChI is InChI=1S/C18H26N2O2S3/c1-3-22-17(21)15-12-8-9-24-10-14(12)25-16(15)20-18(23)19-13-7-5-4-6-11(13)2/h11,13H,3-10H2,1-2H3,(H2,19,20,23)/t11-,13-/m0/s1. The second kappa shape index (κ2) is 8.73. The molecule has 25 heavy (non-hydrogen) atoms. The molecule has 1 aliphatic carbocycles. The van der Waals surface area contributed by atoms with E-state index in [0.29, 0.717) is 29.2 Å². The SMILES string of the molecule is CCOC(=O)c1c(NC(=S)N[C@H]2CCCC[C@@H]2C)sc2c1CCSC2. The van der Waals surface area contributed by atoms with E-state index >= 15 is 0 Å². The molecule has 0 spiro atoms. The number of esters is 1. The molecule has 1 aliphatic heterocycles. The van der Waals surface area contributed by atoms with E-state index in [1.165, 1.54) is 24.1 Å². The molecule has 0 unspecified atom stereocenters. The lowest BCUT2D eigenvalue weighted by atomic mass is 9.86. The van der Waals surface area contributed by atoms with Crippen molar-refractivity contribution < 1.29 is 9.53 Å². The number of carbonyl (C=O) groups excluding carboxylic acids is 1. The Hall–Kier alpha value is -0.790. The summed E-state index contributed by atoms with van der Waals surface area (Å²) in [6.45, 7) is 4.51. The fourth-order valence-electron chi connectivity index (χ4n) is 3.58. The highest BCUT2D eigenvalue weighted by molar-refractivity contribution is 7.98. The van der Waals surface area contributed by atoms with E-state index in [4.69, 9.17) is 17.0 Å². The summed E-state index contributed by atoms with van der Waals surface area (Å²) in [5, 5.41) is 8.23. The van der Waals surface area contributed by atoms with E-state index in [1.807, 2.05) is 18.7 Å². The maximum absolute atomic E-state index is 12.5. The molecule has 2 aliphatic rings. The van der Waals surface area contributed by atoms with Crippen molar-refractivity contribution in [2.45, 2.75) is 57.7 Å². The van der Waals surface area contributed by atoms with Gasteiger partial charge in [0.15, 0.2) is 5.11 Å². The van der Waals surface area contributed by atoms with Crippen LogP contribution in [0.15, 0.2) is 0 Å². The first-order valence-corrected chi connectivity index (χ1v) is 11.4. The molecule has 0 saturated heterocycles. The van der Waals surface area contributed by atoms with Crippen molar-refractivity contribution in [1.82, 2.24) is 5.32 Å². The van der Waals surface area contributed by atoms with Gasteiger partial charge in [0.2, 0.25) is 0 Å². The molecule has 1 aromatic rings. The van der Waals surface area contributed by atoms with Crippen molar-refractivity contribution in [1.29, 1.82) is 0 Å². The van der Waals surface area contributed by atoms with Crippen LogP contribution in [0.1, 0.15) is 60.3 Å². The minimum absolute atomic E-state index is 0.233. The molecule has 1 saturated carbocycles. The zero-order valence-electron chi connectivity index (χ0n) is 14.9. The fraction of sp³-hybridized carbons (Fsp3) is 0.667. The van der Waals surface area contributed by atoms with Crippen LogP contribution < -0.4 is 10.6 Å². The summed E-state index contributed by atoms with van der Waals surface area (Å²) < 4.78 is 5.30. The van der Waals surface area contributed by atoms with Gasteiger partial charge in [0.1, 0.15) is 5.00 Å². The van der Waals surface area contributed by atoms with Crippen molar-refractivity contribution in [2.75, 3.05) is 17.7 Å². The number of thiophene rings is 1. The Morgan fingerprint density at radius 3 is 2.92 bits per heavy atom. The number of thioether (sulfide) groups is 1. The van der Waals surface area contributed by atoms with Gasteiger partial charge in [0.25, 0.3) is 0 Å². The zero-order valence-corrected chi connectivity index (χ0v) is 17.3. The highest BCUT2D eigenvalue weighted by Gasteiger charge is 2.28. The minimum Gasteiger partial charge on any atom is -0.462 e. The Balaban J connectivity index is 1.75. The lowest BCUT2D eigenvalue weighted by Gasteiger charge is -2.30. The molecule has 4 nitrogen and oxygen atoms in total. The van der Waals surface area contributed by atoms with Gasteiger partial charge in [-0.3, -0.25) is 0 Å². The van der Waals surface area contributed by atoms with Crippen LogP contribution in [0, 0.1) is 5.92 Å². The number of ether oxygens (including phenoxy) is 1. The summed E-state index contributed by atoms with van der Waals surface area (Å²) in [5.74, 6) is 2.42. The number of thiocarbonyl (C=S) groups is 1. The highest BCUT2D eigenvalue weighted by Crippen LogP contribution is 2.40. The second-order valence-corrected chi connectivity index (χ2v) is 9.32. The third-order valence-corrected chi connectivity index (χ3v) is 7.49. The first kappa shape index (κ1) is 19.0. The minimum atomic E-state index is -0.233. The largest absolute Gasteiger partial charge is 0.462 e. The topological polar surface area (TPSA) is 50.4 Å². The van der Waals surface area contributed by atoms with Crippen molar-refractivity contribution in [3.05, 3.63) is 16.0 Å². The number of fused-ring (bicyclic) bond motifs is 1. The van der Waals surface area contributed by atoms with Gasteiger partial charge < -0.3 is 15.4 Å². The van der Waals surface area contributed by atoms with Crippen LogP contribution in [0.5, 0.6) is 0 Å². The maximum Gasteiger partial charge on any atom is 0.341 e. The van der Waals surface area contributed by atoms with E-state index in [0.717, 1.165) is 34.9 Å². The number of carbonyl (C=O) groups is 1. The van der Waals surface area contributed by atoms with Gasteiger partial charge in [-0.1, -0.05) is 19.8 Å². The third kappa shape index (κ3) is 4.49. The van der Waals surface area contributed by atoms with Crippen LogP contribution in [0.25, 0.3) is 0 Å². The zero-order chi connectivity index (χ0) is 17.8. The molecule has 2 atom stereocenters. The number of nitrogens with one attached hydrogen (secondary N) is 2. The van der Waals surface area contributed by atoms with Gasteiger partial charge >= 0.3 is 5.97 Å². The molecule has 0 aromatic carbocycles. The summed E-state index contributed by atoms with van der Waals surface area (Å²) in [6.07, 6.45) is 5.89. The molecule has 1 aromatic heterocycles. The van der Waals surface area contributed by atoms with Crippen molar-refractivity contribution >= 4 is 51.4 Å². The normalized spacial score (nSPS) is 22.8. The Morgan fingerprint density at radius 1 is 1.36 bits per heavy atom. The van der Waals surface area contributed by atoms with Gasteiger partial charge in [-0.25, -0.2) is 4.79 Å². The maximum atomic E-state index is 12.5. The predicted molar refractivity (Wildman–Crippen MR) is 111 cm³/mol. The van der Waals surface area contributed by atoms with Crippen LogP contribution >= 0.6 is 35.3 Å². The smallest absolute Gasteiger partial charge is 0.341 e. The lowest BCUT2D eigenvalue weighted by molar-refractivity contribution is 0.0527. The highest BCUT2D eigenvalue weighted by atomic mass is 32.2. The van der Waals surface area contributed by atoms with Crippen LogP contribution in [-0.4, -0.2) is 29.5 Å². The second-order valence-electron chi connectivity index (χ2n) is 6.70. The Kier molecular flexibility index (Phi) is 6.63. The van der Waals surface area contributed by atoms with Crippen LogP contribution in [-0.2, 0) is 16.9 Å². The van der Waals surface area contributed by atoms with Gasteiger partial charge in [-0.2, -0.15) is 11.8 Å². The van der Waals surface area contributed by atoms with E-state index in [2.05, 4.69) is 17.6 Å². The van der Waals surface area contributed by atoms with Crippen molar-refractivity contribution in [3.63, 3.8) is 0 Å². The van der Waals surface area contributed by atoms with Crippen LogP contribution in [0.3, 0.4) is 0 Å². The molecule has 0 amide bonds. The Bertz CT molecular complexity index is 645.